The first-order chi connectivity index (χ1) is 10.7. The van der Waals surface area contributed by atoms with Gasteiger partial charge in [-0.15, -0.1) is 11.3 Å². The van der Waals surface area contributed by atoms with Gasteiger partial charge in [-0.2, -0.15) is 0 Å². The molecule has 0 saturated carbocycles. The molecule has 4 heterocycles. The summed E-state index contributed by atoms with van der Waals surface area (Å²) in [6.45, 7) is 1.70. The highest BCUT2D eigenvalue weighted by atomic mass is 32.1. The average Bonchev–Trinajstić information content (AvgIpc) is 3.02. The molecule has 22 heavy (non-hydrogen) atoms. The number of rotatable bonds is 2. The van der Waals surface area contributed by atoms with Gasteiger partial charge >= 0.3 is 0 Å². The number of aromatic nitrogens is 4. The third-order valence-corrected chi connectivity index (χ3v) is 4.83. The van der Waals surface area contributed by atoms with E-state index in [0.29, 0.717) is 0 Å². The Balaban J connectivity index is 1.77. The molecule has 0 spiro atoms. The Morgan fingerprint density at radius 1 is 1.14 bits per heavy atom. The molecule has 7 heteroatoms. The number of hydrogen-bond acceptors (Lipinski definition) is 7. The van der Waals surface area contributed by atoms with Crippen LogP contribution in [0.5, 0.6) is 0 Å². The van der Waals surface area contributed by atoms with Gasteiger partial charge in [0, 0.05) is 39.2 Å². The van der Waals surface area contributed by atoms with Crippen molar-refractivity contribution in [3.8, 4) is 0 Å². The van der Waals surface area contributed by atoms with Gasteiger partial charge in [-0.1, -0.05) is 0 Å². The summed E-state index contributed by atoms with van der Waals surface area (Å²) in [5.74, 6) is 2.00. The molecule has 0 fully saturated rings. The highest BCUT2D eigenvalue weighted by Crippen LogP contribution is 2.32. The lowest BCUT2D eigenvalue weighted by Gasteiger charge is -2.31. The molecule has 0 bridgehead atoms. The number of thiophene rings is 1. The molecule has 0 aliphatic carbocycles. The monoisotopic (exact) mass is 312 g/mol. The van der Waals surface area contributed by atoms with Crippen LogP contribution in [0.4, 0.5) is 11.6 Å². The summed E-state index contributed by atoms with van der Waals surface area (Å²) in [6.07, 6.45) is 4.22. The van der Waals surface area contributed by atoms with Crippen LogP contribution in [0.1, 0.15) is 11.3 Å². The van der Waals surface area contributed by atoms with Crippen molar-refractivity contribution in [3.05, 3.63) is 35.4 Å². The number of anilines is 2. The molecule has 3 aromatic heterocycles. The zero-order chi connectivity index (χ0) is 15.1. The molecule has 0 atom stereocenters. The van der Waals surface area contributed by atoms with Crippen molar-refractivity contribution in [3.63, 3.8) is 0 Å². The maximum atomic E-state index is 4.52. The van der Waals surface area contributed by atoms with Crippen molar-refractivity contribution in [1.29, 1.82) is 0 Å². The van der Waals surface area contributed by atoms with Crippen LogP contribution in [-0.2, 0) is 13.0 Å². The number of fused-ring (bicyclic) bond motifs is 2. The van der Waals surface area contributed by atoms with E-state index in [2.05, 4.69) is 30.2 Å². The summed E-state index contributed by atoms with van der Waals surface area (Å²) in [5, 5.41) is 2.06. The van der Waals surface area contributed by atoms with E-state index >= 15 is 0 Å². The molecule has 3 aromatic rings. The smallest absolute Gasteiger partial charge is 0.150 e. The second-order valence-electron chi connectivity index (χ2n) is 5.52. The predicted octanol–water partition coefficient (Wildman–Crippen LogP) is 2.11. The van der Waals surface area contributed by atoms with E-state index in [1.807, 2.05) is 25.1 Å². The van der Waals surface area contributed by atoms with Crippen LogP contribution < -0.4 is 9.80 Å². The van der Waals surface area contributed by atoms with Crippen LogP contribution in [0.15, 0.2) is 24.1 Å². The Hall–Kier alpha value is -2.28. The summed E-state index contributed by atoms with van der Waals surface area (Å²) in [7, 11) is 4.04. The Morgan fingerprint density at radius 2 is 2.00 bits per heavy atom. The van der Waals surface area contributed by atoms with Crippen LogP contribution in [0.2, 0.25) is 0 Å². The van der Waals surface area contributed by atoms with Gasteiger partial charge in [0.25, 0.3) is 0 Å². The third-order valence-electron chi connectivity index (χ3n) is 3.93. The molecule has 0 aromatic carbocycles. The second kappa shape index (κ2) is 5.17. The summed E-state index contributed by atoms with van der Waals surface area (Å²) >= 11 is 1.69. The molecular formula is C15H16N6S. The lowest BCUT2D eigenvalue weighted by atomic mass is 10.1. The summed E-state index contributed by atoms with van der Waals surface area (Å²) in [4.78, 5) is 22.1. The minimum absolute atomic E-state index is 0.785. The van der Waals surface area contributed by atoms with Gasteiger partial charge < -0.3 is 9.80 Å². The highest BCUT2D eigenvalue weighted by Gasteiger charge is 2.24. The number of nitrogens with zero attached hydrogens (tertiary/aromatic N) is 6. The molecule has 0 saturated heterocycles. The Bertz CT molecular complexity index is 828. The van der Waals surface area contributed by atoms with Crippen molar-refractivity contribution in [2.24, 2.45) is 0 Å². The number of hydrogen-bond donors (Lipinski definition) is 0. The average molecular weight is 312 g/mol. The van der Waals surface area contributed by atoms with Crippen molar-refractivity contribution in [2.75, 3.05) is 30.4 Å². The predicted molar refractivity (Wildman–Crippen MR) is 88.5 cm³/mol. The first kappa shape index (κ1) is 13.4. The van der Waals surface area contributed by atoms with E-state index in [9.17, 15) is 0 Å². The lowest BCUT2D eigenvalue weighted by molar-refractivity contribution is 0.696. The normalized spacial score (nSPS) is 14.2. The second-order valence-corrected chi connectivity index (χ2v) is 6.44. The highest BCUT2D eigenvalue weighted by molar-refractivity contribution is 7.17. The van der Waals surface area contributed by atoms with E-state index in [0.717, 1.165) is 47.1 Å². The minimum Gasteiger partial charge on any atom is -0.362 e. The minimum atomic E-state index is 0.785. The SMILES string of the molecule is CN(C)c1ncnc2c1CN(c1ncnc3ccsc13)CC2. The molecule has 1 aliphatic rings. The van der Waals surface area contributed by atoms with E-state index in [1.165, 1.54) is 5.56 Å². The largest absolute Gasteiger partial charge is 0.362 e. The van der Waals surface area contributed by atoms with Gasteiger partial charge in [0.15, 0.2) is 0 Å². The molecule has 0 radical (unpaired) electrons. The topological polar surface area (TPSA) is 58.0 Å². The first-order valence-corrected chi connectivity index (χ1v) is 8.05. The van der Waals surface area contributed by atoms with Gasteiger partial charge in [-0.3, -0.25) is 0 Å². The molecule has 6 nitrogen and oxygen atoms in total. The fraction of sp³-hybridized carbons (Fsp3) is 0.333. The fourth-order valence-electron chi connectivity index (χ4n) is 2.89. The maximum absolute atomic E-state index is 4.52. The zero-order valence-corrected chi connectivity index (χ0v) is 13.3. The van der Waals surface area contributed by atoms with Crippen LogP contribution in [0, 0.1) is 0 Å². The van der Waals surface area contributed by atoms with Crippen LogP contribution in [0.25, 0.3) is 10.2 Å². The molecule has 1 aliphatic heterocycles. The Kier molecular flexibility index (Phi) is 3.15. The standard InChI is InChI=1S/C15H16N6S/c1-20(2)14-10-7-21(5-3-11(10)16-8-18-14)15-13-12(4-6-22-13)17-9-19-15/h4,6,8-9H,3,5,7H2,1-2H3. The zero-order valence-electron chi connectivity index (χ0n) is 12.5. The molecule has 0 unspecified atom stereocenters. The third kappa shape index (κ3) is 2.09. The quantitative estimate of drug-likeness (QED) is 0.722. The van der Waals surface area contributed by atoms with Crippen molar-refractivity contribution >= 4 is 33.2 Å². The Labute approximate surface area is 132 Å². The Morgan fingerprint density at radius 3 is 2.86 bits per heavy atom. The van der Waals surface area contributed by atoms with E-state index in [-0.39, 0.29) is 0 Å². The lowest BCUT2D eigenvalue weighted by Crippen LogP contribution is -2.33. The molecule has 112 valence electrons. The summed E-state index contributed by atoms with van der Waals surface area (Å²) in [6, 6.07) is 2.04. The molecule has 0 amide bonds. The van der Waals surface area contributed by atoms with Crippen molar-refractivity contribution in [1.82, 2.24) is 19.9 Å². The van der Waals surface area contributed by atoms with E-state index < -0.39 is 0 Å². The van der Waals surface area contributed by atoms with Gasteiger partial charge in [-0.25, -0.2) is 19.9 Å². The van der Waals surface area contributed by atoms with E-state index in [1.54, 1.807) is 24.0 Å². The van der Waals surface area contributed by atoms with Gasteiger partial charge in [-0.05, 0) is 11.4 Å². The first-order valence-electron chi connectivity index (χ1n) is 7.17. The van der Waals surface area contributed by atoms with Crippen LogP contribution in [-0.4, -0.2) is 40.6 Å². The van der Waals surface area contributed by atoms with Crippen molar-refractivity contribution < 1.29 is 0 Å². The van der Waals surface area contributed by atoms with Gasteiger partial charge in [0.2, 0.25) is 0 Å². The fourth-order valence-corrected chi connectivity index (χ4v) is 3.76. The molecule has 0 N–H and O–H groups in total. The van der Waals surface area contributed by atoms with Gasteiger partial charge in [0.1, 0.15) is 24.3 Å². The molecule has 4 rings (SSSR count). The maximum Gasteiger partial charge on any atom is 0.150 e. The summed E-state index contributed by atoms with van der Waals surface area (Å²) < 4.78 is 1.15. The summed E-state index contributed by atoms with van der Waals surface area (Å²) in [5.41, 5.74) is 3.35. The van der Waals surface area contributed by atoms with E-state index in [4.69, 9.17) is 0 Å². The molecular weight excluding hydrogens is 296 g/mol. The van der Waals surface area contributed by atoms with Crippen LogP contribution >= 0.6 is 11.3 Å². The van der Waals surface area contributed by atoms with Gasteiger partial charge in [0.05, 0.1) is 15.9 Å². The van der Waals surface area contributed by atoms with Crippen molar-refractivity contribution in [2.45, 2.75) is 13.0 Å². The van der Waals surface area contributed by atoms with Crippen LogP contribution in [0.3, 0.4) is 0 Å².